The number of nitrogens with zero attached hydrogens (tertiary/aromatic N) is 2. The summed E-state index contributed by atoms with van der Waals surface area (Å²) in [6, 6.07) is 0.374. The van der Waals surface area contributed by atoms with Gasteiger partial charge in [-0.3, -0.25) is 0 Å². The van der Waals surface area contributed by atoms with Crippen molar-refractivity contribution >= 4 is 0 Å². The van der Waals surface area contributed by atoms with Crippen LogP contribution in [0.1, 0.15) is 39.0 Å². The zero-order valence-electron chi connectivity index (χ0n) is 11.5. The first-order valence-electron chi connectivity index (χ1n) is 6.62. The lowest BCUT2D eigenvalue weighted by atomic mass is 9.75. The van der Waals surface area contributed by atoms with Crippen LogP contribution in [0.25, 0.3) is 0 Å². The van der Waals surface area contributed by atoms with Crippen LogP contribution in [0.5, 0.6) is 0 Å². The minimum absolute atomic E-state index is 0.374. The number of nitrogens with two attached hydrogens (primary N) is 1. The minimum Gasteiger partial charge on any atom is -0.328 e. The average Bonchev–Trinajstić information content (AvgIpc) is 2.19. The second-order valence-corrected chi connectivity index (χ2v) is 5.67. The van der Waals surface area contributed by atoms with Crippen molar-refractivity contribution in [3.05, 3.63) is 0 Å². The van der Waals surface area contributed by atoms with E-state index in [0.717, 1.165) is 19.4 Å². The van der Waals surface area contributed by atoms with Gasteiger partial charge < -0.3 is 15.5 Å². The predicted molar refractivity (Wildman–Crippen MR) is 70.6 cm³/mol. The summed E-state index contributed by atoms with van der Waals surface area (Å²) in [4.78, 5) is 4.86. The van der Waals surface area contributed by atoms with Crippen LogP contribution in [0.4, 0.5) is 0 Å². The monoisotopic (exact) mass is 227 g/mol. The first kappa shape index (κ1) is 13.9. The zero-order valence-corrected chi connectivity index (χ0v) is 11.5. The Morgan fingerprint density at radius 3 is 2.25 bits per heavy atom. The van der Waals surface area contributed by atoms with Crippen molar-refractivity contribution in [2.45, 2.75) is 50.6 Å². The van der Waals surface area contributed by atoms with Gasteiger partial charge in [0.25, 0.3) is 0 Å². The van der Waals surface area contributed by atoms with E-state index in [1.165, 1.54) is 25.8 Å². The lowest BCUT2D eigenvalue weighted by molar-refractivity contribution is 0.0272. The van der Waals surface area contributed by atoms with E-state index >= 15 is 0 Å². The van der Waals surface area contributed by atoms with Gasteiger partial charge in [0.05, 0.1) is 0 Å². The maximum atomic E-state index is 5.95. The topological polar surface area (TPSA) is 32.5 Å². The molecule has 0 heterocycles. The summed E-state index contributed by atoms with van der Waals surface area (Å²) in [6.07, 6.45) is 6.30. The van der Waals surface area contributed by atoms with E-state index in [9.17, 15) is 0 Å². The fourth-order valence-corrected chi connectivity index (χ4v) is 2.50. The second-order valence-electron chi connectivity index (χ2n) is 5.67. The van der Waals surface area contributed by atoms with E-state index in [2.05, 4.69) is 37.9 Å². The van der Waals surface area contributed by atoms with E-state index in [-0.39, 0.29) is 0 Å². The van der Waals surface area contributed by atoms with Gasteiger partial charge in [0, 0.05) is 18.1 Å². The molecule has 0 spiro atoms. The Kier molecular flexibility index (Phi) is 5.22. The molecule has 0 aliphatic heterocycles. The highest BCUT2D eigenvalue weighted by molar-refractivity contribution is 4.97. The summed E-state index contributed by atoms with van der Waals surface area (Å²) < 4.78 is 0. The molecular formula is C13H29N3. The molecule has 0 radical (unpaired) electrons. The Hall–Kier alpha value is -0.120. The lowest BCUT2D eigenvalue weighted by Gasteiger charge is -2.49. The number of rotatable bonds is 7. The van der Waals surface area contributed by atoms with Crippen LogP contribution in [-0.4, -0.2) is 55.6 Å². The van der Waals surface area contributed by atoms with Gasteiger partial charge in [0.15, 0.2) is 0 Å². The highest BCUT2D eigenvalue weighted by Gasteiger charge is 2.39. The highest BCUT2D eigenvalue weighted by Crippen LogP contribution is 2.36. The van der Waals surface area contributed by atoms with E-state index in [1.807, 2.05) is 0 Å². The molecule has 3 heteroatoms. The summed E-state index contributed by atoms with van der Waals surface area (Å²) >= 11 is 0. The molecule has 0 aromatic carbocycles. The van der Waals surface area contributed by atoms with Gasteiger partial charge in [-0.25, -0.2) is 0 Å². The fraction of sp³-hybridized carbons (Fsp3) is 1.00. The molecular weight excluding hydrogens is 198 g/mol. The fourth-order valence-electron chi connectivity index (χ4n) is 2.50. The van der Waals surface area contributed by atoms with E-state index in [1.54, 1.807) is 0 Å². The van der Waals surface area contributed by atoms with Gasteiger partial charge >= 0.3 is 0 Å². The van der Waals surface area contributed by atoms with Crippen molar-refractivity contribution in [1.29, 1.82) is 0 Å². The average molecular weight is 227 g/mol. The van der Waals surface area contributed by atoms with Gasteiger partial charge in [-0.1, -0.05) is 6.92 Å². The normalized spacial score (nSPS) is 21.2. The molecule has 0 saturated heterocycles. The standard InChI is InChI=1S/C13H29N3/c1-5-12(14)7-10-16(4)11-13(15(2)3)8-6-9-13/h12H,5-11,14H2,1-4H3. The van der Waals surface area contributed by atoms with Crippen LogP contribution in [0, 0.1) is 0 Å². The van der Waals surface area contributed by atoms with Crippen molar-refractivity contribution < 1.29 is 0 Å². The molecule has 1 fully saturated rings. The molecule has 1 saturated carbocycles. The zero-order chi connectivity index (χ0) is 12.2. The Morgan fingerprint density at radius 1 is 1.25 bits per heavy atom. The van der Waals surface area contributed by atoms with Gasteiger partial charge in [0.2, 0.25) is 0 Å². The van der Waals surface area contributed by atoms with E-state index in [0.29, 0.717) is 11.6 Å². The van der Waals surface area contributed by atoms with Crippen LogP contribution >= 0.6 is 0 Å². The molecule has 1 aliphatic carbocycles. The van der Waals surface area contributed by atoms with Gasteiger partial charge in [0.1, 0.15) is 0 Å². The number of likely N-dealkylation sites (N-methyl/N-ethyl adjacent to an activating group) is 2. The van der Waals surface area contributed by atoms with E-state index in [4.69, 9.17) is 5.73 Å². The summed E-state index contributed by atoms with van der Waals surface area (Å²) in [6.45, 7) is 4.49. The van der Waals surface area contributed by atoms with Gasteiger partial charge in [-0.05, 0) is 59.8 Å². The molecule has 0 aromatic heterocycles. The van der Waals surface area contributed by atoms with Crippen LogP contribution in [-0.2, 0) is 0 Å². The molecule has 3 nitrogen and oxygen atoms in total. The highest BCUT2D eigenvalue weighted by atomic mass is 15.2. The van der Waals surface area contributed by atoms with Crippen LogP contribution in [0.3, 0.4) is 0 Å². The van der Waals surface area contributed by atoms with Crippen molar-refractivity contribution in [3.63, 3.8) is 0 Å². The van der Waals surface area contributed by atoms with Crippen LogP contribution in [0.15, 0.2) is 0 Å². The third-order valence-corrected chi connectivity index (χ3v) is 4.20. The smallest absolute Gasteiger partial charge is 0.0330 e. The summed E-state index contributed by atoms with van der Waals surface area (Å²) in [5.41, 5.74) is 6.40. The second kappa shape index (κ2) is 5.99. The molecule has 0 bridgehead atoms. The third kappa shape index (κ3) is 3.44. The van der Waals surface area contributed by atoms with Crippen LogP contribution < -0.4 is 5.73 Å². The third-order valence-electron chi connectivity index (χ3n) is 4.20. The number of hydrogen-bond donors (Lipinski definition) is 1. The van der Waals surface area contributed by atoms with Crippen LogP contribution in [0.2, 0.25) is 0 Å². The minimum atomic E-state index is 0.374. The van der Waals surface area contributed by atoms with Crippen molar-refractivity contribution in [3.8, 4) is 0 Å². The number of hydrogen-bond acceptors (Lipinski definition) is 3. The Balaban J connectivity index is 2.30. The largest absolute Gasteiger partial charge is 0.328 e. The van der Waals surface area contributed by atoms with Gasteiger partial charge in [-0.15, -0.1) is 0 Å². The maximum absolute atomic E-state index is 5.95. The molecule has 0 aromatic rings. The molecule has 16 heavy (non-hydrogen) atoms. The SMILES string of the molecule is CCC(N)CCN(C)CC1(N(C)C)CCC1. The Bertz CT molecular complexity index is 199. The molecule has 0 amide bonds. The summed E-state index contributed by atoms with van der Waals surface area (Å²) in [5, 5.41) is 0. The maximum Gasteiger partial charge on any atom is 0.0330 e. The molecule has 1 atom stereocenters. The van der Waals surface area contributed by atoms with Gasteiger partial charge in [-0.2, -0.15) is 0 Å². The van der Waals surface area contributed by atoms with E-state index < -0.39 is 0 Å². The molecule has 1 unspecified atom stereocenters. The predicted octanol–water partition coefficient (Wildman–Crippen LogP) is 1.53. The lowest BCUT2D eigenvalue weighted by Crippen LogP contribution is -2.56. The molecule has 96 valence electrons. The van der Waals surface area contributed by atoms with Crippen molar-refractivity contribution in [2.75, 3.05) is 34.2 Å². The molecule has 1 aliphatic rings. The molecule has 2 N–H and O–H groups in total. The first-order valence-corrected chi connectivity index (χ1v) is 6.62. The summed E-state index contributed by atoms with van der Waals surface area (Å²) in [5.74, 6) is 0. The quantitative estimate of drug-likeness (QED) is 0.716. The van der Waals surface area contributed by atoms with Crippen molar-refractivity contribution in [2.24, 2.45) is 5.73 Å². The first-order chi connectivity index (χ1) is 7.50. The molecule has 1 rings (SSSR count). The Labute approximate surface area is 101 Å². The van der Waals surface area contributed by atoms with Crippen molar-refractivity contribution in [1.82, 2.24) is 9.80 Å². The Morgan fingerprint density at radius 2 is 1.88 bits per heavy atom. The summed E-state index contributed by atoms with van der Waals surface area (Å²) in [7, 11) is 6.65.